The number of amides is 1. The third-order valence-electron chi connectivity index (χ3n) is 5.74. The number of furan rings is 2. The fourth-order valence-corrected chi connectivity index (χ4v) is 4.38. The van der Waals surface area contributed by atoms with Gasteiger partial charge in [-0.3, -0.25) is 4.79 Å². The summed E-state index contributed by atoms with van der Waals surface area (Å²) in [4.78, 5) is 29.3. The van der Waals surface area contributed by atoms with Gasteiger partial charge in [-0.1, -0.05) is 11.6 Å². The van der Waals surface area contributed by atoms with Crippen LogP contribution in [0.5, 0.6) is 0 Å². The highest BCUT2D eigenvalue weighted by atomic mass is 35.5. The third kappa shape index (κ3) is 4.34. The average molecular weight is 466 g/mol. The van der Waals surface area contributed by atoms with E-state index in [2.05, 4.69) is 10.1 Å². The number of nitrogens with zero attached hydrogens (tertiary/aromatic N) is 3. The molecule has 3 aromatic heterocycles. The van der Waals surface area contributed by atoms with Crippen LogP contribution in [0.15, 0.2) is 74.6 Å². The Bertz CT molecular complexity index is 1200. The standard InChI is InChI=1S/C24H20ClN3O5/c25-20-9-8-16(13-26-20)24(30)33-14-21(29)28-23(19-7-3-11-32-19)18-6-1-4-15(22(18)27-28)12-17-5-2-10-31-17/h2-3,5,7-13,18,23H,1,4,6,14H2. The number of aromatic nitrogens is 1. The summed E-state index contributed by atoms with van der Waals surface area (Å²) in [5, 5.41) is 6.33. The van der Waals surface area contributed by atoms with Crippen LogP contribution >= 0.6 is 11.6 Å². The van der Waals surface area contributed by atoms with Gasteiger partial charge in [-0.2, -0.15) is 5.10 Å². The number of carbonyl (C=O) groups is 2. The highest BCUT2D eigenvalue weighted by Gasteiger charge is 2.45. The molecule has 4 heterocycles. The summed E-state index contributed by atoms with van der Waals surface area (Å²) in [5.41, 5.74) is 2.07. The number of hydrogen-bond donors (Lipinski definition) is 0. The summed E-state index contributed by atoms with van der Waals surface area (Å²) in [6, 6.07) is 9.89. The molecule has 0 radical (unpaired) electrons. The minimum atomic E-state index is -0.662. The van der Waals surface area contributed by atoms with Crippen molar-refractivity contribution < 1.29 is 23.2 Å². The van der Waals surface area contributed by atoms with Gasteiger partial charge in [-0.25, -0.2) is 14.8 Å². The van der Waals surface area contributed by atoms with Gasteiger partial charge in [0.05, 0.1) is 23.8 Å². The van der Waals surface area contributed by atoms with Gasteiger partial charge in [0.15, 0.2) is 6.61 Å². The van der Waals surface area contributed by atoms with Gasteiger partial charge in [0.2, 0.25) is 0 Å². The smallest absolute Gasteiger partial charge is 0.340 e. The number of ether oxygens (including phenoxy) is 1. The summed E-state index contributed by atoms with van der Waals surface area (Å²) >= 11 is 5.75. The SMILES string of the molecule is O=C(OCC(=O)N1N=C2C(=Cc3ccco3)CCCC2C1c1ccco1)c1ccc(Cl)nc1. The molecule has 0 saturated heterocycles. The number of hydrazone groups is 1. The number of halogens is 1. The van der Waals surface area contributed by atoms with Gasteiger partial charge >= 0.3 is 5.97 Å². The molecule has 33 heavy (non-hydrogen) atoms. The fourth-order valence-electron chi connectivity index (χ4n) is 4.26. The minimum absolute atomic E-state index is 0.0220. The van der Waals surface area contributed by atoms with Crippen LogP contribution in [0, 0.1) is 5.92 Å². The highest BCUT2D eigenvalue weighted by Crippen LogP contribution is 2.44. The van der Waals surface area contributed by atoms with Gasteiger partial charge in [0.1, 0.15) is 22.7 Å². The number of esters is 1. The fraction of sp³-hybridized carbons (Fsp3) is 0.250. The number of pyridine rings is 1. The van der Waals surface area contributed by atoms with Crippen LogP contribution in [-0.2, 0) is 9.53 Å². The quantitative estimate of drug-likeness (QED) is 0.392. The molecule has 2 aliphatic rings. The molecule has 3 aromatic rings. The van der Waals surface area contributed by atoms with E-state index in [1.165, 1.54) is 23.3 Å². The van der Waals surface area contributed by atoms with Crippen LogP contribution in [0.1, 0.15) is 47.2 Å². The Morgan fingerprint density at radius 1 is 1.18 bits per heavy atom. The van der Waals surface area contributed by atoms with E-state index in [9.17, 15) is 9.59 Å². The topological polar surface area (TPSA) is 98.1 Å². The van der Waals surface area contributed by atoms with E-state index in [1.54, 1.807) is 18.6 Å². The first-order chi connectivity index (χ1) is 16.1. The van der Waals surface area contributed by atoms with Crippen molar-refractivity contribution >= 4 is 35.3 Å². The van der Waals surface area contributed by atoms with E-state index in [1.807, 2.05) is 24.3 Å². The van der Waals surface area contributed by atoms with Crippen molar-refractivity contribution in [2.24, 2.45) is 11.0 Å². The lowest BCUT2D eigenvalue weighted by Gasteiger charge is -2.27. The zero-order valence-electron chi connectivity index (χ0n) is 17.5. The number of carbonyl (C=O) groups excluding carboxylic acids is 2. The molecule has 8 nitrogen and oxygen atoms in total. The van der Waals surface area contributed by atoms with E-state index >= 15 is 0 Å². The van der Waals surface area contributed by atoms with E-state index < -0.39 is 24.5 Å². The first-order valence-electron chi connectivity index (χ1n) is 10.6. The summed E-state index contributed by atoms with van der Waals surface area (Å²) in [6.45, 7) is -0.459. The zero-order chi connectivity index (χ0) is 22.8. The van der Waals surface area contributed by atoms with Crippen LogP contribution in [0.25, 0.3) is 6.08 Å². The van der Waals surface area contributed by atoms with E-state index in [-0.39, 0.29) is 16.6 Å². The molecule has 1 saturated carbocycles. The first kappa shape index (κ1) is 21.2. The lowest BCUT2D eigenvalue weighted by molar-refractivity contribution is -0.137. The molecule has 1 aliphatic carbocycles. The van der Waals surface area contributed by atoms with Crippen molar-refractivity contribution in [3.63, 3.8) is 0 Å². The predicted octanol–water partition coefficient (Wildman–Crippen LogP) is 4.90. The molecule has 0 N–H and O–H groups in total. The van der Waals surface area contributed by atoms with Crippen molar-refractivity contribution in [2.45, 2.75) is 25.3 Å². The molecule has 0 aromatic carbocycles. The third-order valence-corrected chi connectivity index (χ3v) is 5.96. The number of rotatable bonds is 5. The normalized spacial score (nSPS) is 21.1. The van der Waals surface area contributed by atoms with Crippen molar-refractivity contribution in [3.8, 4) is 0 Å². The maximum absolute atomic E-state index is 13.1. The van der Waals surface area contributed by atoms with Crippen molar-refractivity contribution in [1.29, 1.82) is 0 Å². The first-order valence-corrected chi connectivity index (χ1v) is 10.9. The second kappa shape index (κ2) is 9.07. The van der Waals surface area contributed by atoms with E-state index in [0.717, 1.165) is 36.3 Å². The average Bonchev–Trinajstić information content (AvgIpc) is 3.58. The molecular formula is C24H20ClN3O5. The monoisotopic (exact) mass is 465 g/mol. The van der Waals surface area contributed by atoms with Gasteiger partial charge in [0, 0.05) is 12.1 Å². The second-order valence-electron chi connectivity index (χ2n) is 7.81. The van der Waals surface area contributed by atoms with E-state index in [4.69, 9.17) is 25.2 Å². The van der Waals surface area contributed by atoms with Crippen molar-refractivity contribution in [1.82, 2.24) is 9.99 Å². The molecule has 168 valence electrons. The Labute approximate surface area is 194 Å². The van der Waals surface area contributed by atoms with Crippen LogP contribution in [-0.4, -0.2) is 34.2 Å². The van der Waals surface area contributed by atoms with Crippen LogP contribution in [0.2, 0.25) is 5.15 Å². The Morgan fingerprint density at radius 3 is 2.76 bits per heavy atom. The Morgan fingerprint density at radius 2 is 2.03 bits per heavy atom. The van der Waals surface area contributed by atoms with Crippen LogP contribution in [0.3, 0.4) is 0 Å². The second-order valence-corrected chi connectivity index (χ2v) is 8.20. The van der Waals surface area contributed by atoms with Crippen molar-refractivity contribution in [2.75, 3.05) is 6.61 Å². The number of allylic oxidation sites excluding steroid dienone is 1. The summed E-state index contributed by atoms with van der Waals surface area (Å²) in [7, 11) is 0. The van der Waals surface area contributed by atoms with Crippen LogP contribution < -0.4 is 0 Å². The largest absolute Gasteiger partial charge is 0.467 e. The molecule has 0 bridgehead atoms. The highest BCUT2D eigenvalue weighted by molar-refractivity contribution is 6.29. The molecule has 2 atom stereocenters. The Kier molecular flexibility index (Phi) is 5.83. The van der Waals surface area contributed by atoms with Crippen LogP contribution in [0.4, 0.5) is 0 Å². The van der Waals surface area contributed by atoms with Gasteiger partial charge in [0.25, 0.3) is 5.91 Å². The molecule has 2 unspecified atom stereocenters. The summed E-state index contributed by atoms with van der Waals surface area (Å²) < 4.78 is 16.4. The van der Waals surface area contributed by atoms with Gasteiger partial charge in [-0.15, -0.1) is 0 Å². The lowest BCUT2D eigenvalue weighted by Crippen LogP contribution is -2.34. The molecule has 0 spiro atoms. The Balaban J connectivity index is 1.39. The number of hydrogen-bond acceptors (Lipinski definition) is 7. The summed E-state index contributed by atoms with van der Waals surface area (Å²) in [6.07, 6.45) is 9.11. The molecule has 1 aliphatic heterocycles. The maximum Gasteiger partial charge on any atom is 0.340 e. The molecule has 5 rings (SSSR count). The molecule has 1 fully saturated rings. The lowest BCUT2D eigenvalue weighted by atomic mass is 9.79. The molecule has 1 amide bonds. The predicted molar refractivity (Wildman–Crippen MR) is 119 cm³/mol. The molecule has 9 heteroatoms. The van der Waals surface area contributed by atoms with Crippen molar-refractivity contribution in [3.05, 3.63) is 82.9 Å². The van der Waals surface area contributed by atoms with E-state index in [0.29, 0.717) is 5.76 Å². The minimum Gasteiger partial charge on any atom is -0.467 e. The maximum atomic E-state index is 13.1. The van der Waals surface area contributed by atoms with Gasteiger partial charge in [-0.05, 0) is 67.3 Å². The zero-order valence-corrected chi connectivity index (χ0v) is 18.3. The number of fused-ring (bicyclic) bond motifs is 1. The summed E-state index contributed by atoms with van der Waals surface area (Å²) in [5.74, 6) is 0.250. The van der Waals surface area contributed by atoms with Gasteiger partial charge < -0.3 is 13.6 Å². The molecular weight excluding hydrogens is 446 g/mol. The Hall–Kier alpha value is -3.65.